The van der Waals surface area contributed by atoms with Gasteiger partial charge in [0.1, 0.15) is 40.4 Å². The van der Waals surface area contributed by atoms with Crippen LogP contribution in [0.1, 0.15) is 37.3 Å². The number of alkyl halides is 2. The van der Waals surface area contributed by atoms with E-state index in [9.17, 15) is 22.0 Å². The van der Waals surface area contributed by atoms with E-state index in [-0.39, 0.29) is 22.3 Å². The Morgan fingerprint density at radius 1 is 0.545 bits per heavy atom. The van der Waals surface area contributed by atoms with Gasteiger partial charge in [0.2, 0.25) is 0 Å². The average Bonchev–Trinajstić information content (AvgIpc) is 2.97. The largest absolute Gasteiger partial charge is 0.432 e. The van der Waals surface area contributed by atoms with E-state index in [2.05, 4.69) is 11.7 Å². The number of rotatable bonds is 10. The van der Waals surface area contributed by atoms with E-state index in [1.807, 2.05) is 12.1 Å². The summed E-state index contributed by atoms with van der Waals surface area (Å²) in [6.45, 7) is 2.10. The van der Waals surface area contributed by atoms with Gasteiger partial charge >= 0.3 is 6.11 Å². The Hall–Kier alpha value is -4.59. The third-order valence-corrected chi connectivity index (χ3v) is 7.31. The summed E-state index contributed by atoms with van der Waals surface area (Å²) in [4.78, 5) is 0. The summed E-state index contributed by atoms with van der Waals surface area (Å²) in [5, 5.41) is 0. The van der Waals surface area contributed by atoms with Gasteiger partial charge in [0.15, 0.2) is 0 Å². The topological polar surface area (TPSA) is 9.23 Å². The van der Waals surface area contributed by atoms with Crippen molar-refractivity contribution < 1.29 is 35.5 Å². The van der Waals surface area contributed by atoms with E-state index in [4.69, 9.17) is 0 Å². The molecule has 5 aromatic carbocycles. The van der Waals surface area contributed by atoms with Crippen LogP contribution in [0.2, 0.25) is 0 Å². The summed E-state index contributed by atoms with van der Waals surface area (Å²) < 4.78 is 108. The molecule has 0 heterocycles. The fourth-order valence-electron chi connectivity index (χ4n) is 5.00. The molecule has 44 heavy (non-hydrogen) atoms. The maximum absolute atomic E-state index is 15.0. The first-order valence-corrected chi connectivity index (χ1v) is 14.1. The summed E-state index contributed by atoms with van der Waals surface area (Å²) in [6, 6.07) is 20.3. The molecule has 5 aromatic rings. The number of ether oxygens (including phenoxy) is 1. The van der Waals surface area contributed by atoms with Crippen molar-refractivity contribution in [1.29, 1.82) is 0 Å². The van der Waals surface area contributed by atoms with Crippen molar-refractivity contribution in [3.63, 3.8) is 0 Å². The summed E-state index contributed by atoms with van der Waals surface area (Å²) in [6.07, 6.45) is -0.441. The van der Waals surface area contributed by atoms with E-state index >= 15 is 8.78 Å². The zero-order valence-electron chi connectivity index (χ0n) is 23.6. The molecule has 0 fully saturated rings. The highest BCUT2D eigenvalue weighted by Crippen LogP contribution is 2.38. The minimum Gasteiger partial charge on any atom is -0.429 e. The van der Waals surface area contributed by atoms with Crippen molar-refractivity contribution in [2.24, 2.45) is 0 Å². The number of benzene rings is 5. The normalized spacial score (nSPS) is 11.5. The highest BCUT2D eigenvalue weighted by Gasteiger charge is 2.41. The van der Waals surface area contributed by atoms with Gasteiger partial charge in [-0.25, -0.2) is 22.0 Å². The molecule has 5 rings (SSSR count). The molecule has 0 N–H and O–H groups in total. The lowest BCUT2D eigenvalue weighted by Crippen LogP contribution is -2.25. The van der Waals surface area contributed by atoms with Crippen molar-refractivity contribution in [2.75, 3.05) is 0 Å². The van der Waals surface area contributed by atoms with Gasteiger partial charge in [-0.1, -0.05) is 68.3 Å². The molecule has 0 saturated heterocycles. The molecule has 1 nitrogen and oxygen atoms in total. The lowest BCUT2D eigenvalue weighted by Gasteiger charge is -2.20. The number of hydrogen-bond donors (Lipinski definition) is 0. The highest BCUT2D eigenvalue weighted by atomic mass is 19.3. The Balaban J connectivity index is 1.34. The first-order valence-electron chi connectivity index (χ1n) is 14.1. The molecule has 0 radical (unpaired) electrons. The Morgan fingerprint density at radius 3 is 1.70 bits per heavy atom. The molecule has 0 aliphatic carbocycles. The third-order valence-electron chi connectivity index (χ3n) is 7.31. The van der Waals surface area contributed by atoms with Crippen LogP contribution in [0.25, 0.3) is 33.4 Å². The molecule has 8 heteroatoms. The predicted octanol–water partition coefficient (Wildman–Crippen LogP) is 11.2. The fourth-order valence-corrected chi connectivity index (χ4v) is 5.00. The highest BCUT2D eigenvalue weighted by molar-refractivity contribution is 5.72. The molecule has 0 aliphatic heterocycles. The zero-order chi connectivity index (χ0) is 31.4. The third kappa shape index (κ3) is 6.80. The second-order valence-electron chi connectivity index (χ2n) is 10.4. The van der Waals surface area contributed by atoms with Crippen LogP contribution < -0.4 is 4.74 Å². The monoisotopic (exact) mass is 608 g/mol. The van der Waals surface area contributed by atoms with Gasteiger partial charge < -0.3 is 4.74 Å². The van der Waals surface area contributed by atoms with Crippen molar-refractivity contribution in [1.82, 2.24) is 0 Å². The maximum atomic E-state index is 15.0. The van der Waals surface area contributed by atoms with Crippen LogP contribution in [0.3, 0.4) is 0 Å². The molecule has 0 aliphatic rings. The summed E-state index contributed by atoms with van der Waals surface area (Å²) >= 11 is 0. The smallest absolute Gasteiger partial charge is 0.429 e. The minimum atomic E-state index is -4.48. The van der Waals surface area contributed by atoms with E-state index in [0.717, 1.165) is 61.6 Å². The SMILES string of the molecule is CCCCCc1ccc(-c2cc(F)c(C(F)(F)Oc3ccc(-c4ccc(-c5ccc(F)cc5)c(F)c4)c(F)c3)c(F)c2)cc1. The van der Waals surface area contributed by atoms with Gasteiger partial charge in [-0.05, 0) is 83.1 Å². The second-order valence-corrected chi connectivity index (χ2v) is 10.4. The van der Waals surface area contributed by atoms with Gasteiger partial charge in [0.05, 0.1) is 0 Å². The predicted molar refractivity (Wildman–Crippen MR) is 157 cm³/mol. The number of hydrogen-bond acceptors (Lipinski definition) is 1. The number of aryl methyl sites for hydroxylation is 1. The molecule has 0 saturated carbocycles. The lowest BCUT2D eigenvalue weighted by atomic mass is 9.99. The van der Waals surface area contributed by atoms with Gasteiger partial charge in [-0.2, -0.15) is 8.78 Å². The van der Waals surface area contributed by atoms with Crippen LogP contribution in [0.5, 0.6) is 5.75 Å². The van der Waals surface area contributed by atoms with Gasteiger partial charge in [-0.3, -0.25) is 0 Å². The maximum Gasteiger partial charge on any atom is 0.432 e. The summed E-state index contributed by atoms with van der Waals surface area (Å²) in [5.74, 6) is -5.96. The van der Waals surface area contributed by atoms with Crippen molar-refractivity contribution in [2.45, 2.75) is 38.7 Å². The van der Waals surface area contributed by atoms with E-state index in [0.29, 0.717) is 17.2 Å². The van der Waals surface area contributed by atoms with Crippen LogP contribution >= 0.6 is 0 Å². The van der Waals surface area contributed by atoms with Crippen LogP contribution in [0, 0.1) is 29.1 Å². The van der Waals surface area contributed by atoms with Crippen LogP contribution in [-0.4, -0.2) is 0 Å². The fraction of sp³-hybridized carbons (Fsp3) is 0.167. The van der Waals surface area contributed by atoms with E-state index < -0.39 is 46.5 Å². The molecular weight excluding hydrogens is 581 g/mol. The first-order chi connectivity index (χ1) is 21.1. The van der Waals surface area contributed by atoms with Crippen molar-refractivity contribution in [3.05, 3.63) is 137 Å². The molecule has 0 bridgehead atoms. The first kappa shape index (κ1) is 30.9. The van der Waals surface area contributed by atoms with Gasteiger partial charge in [0, 0.05) is 17.2 Å². The molecule has 0 aromatic heterocycles. The molecule has 0 atom stereocenters. The quantitative estimate of drug-likeness (QED) is 0.113. The Kier molecular flexibility index (Phi) is 9.09. The minimum absolute atomic E-state index is 0.0766. The Bertz CT molecular complexity index is 1740. The van der Waals surface area contributed by atoms with Crippen LogP contribution in [0.4, 0.5) is 30.7 Å². The standard InChI is InChI=1S/C36H27F7O/c1-2-3-4-5-22-6-8-23(9-7-22)26-19-33(40)35(34(41)20-26)36(42,43)44-28-15-17-30(32(39)21-28)25-12-16-29(31(38)18-25)24-10-13-27(37)14-11-24/h6-21H,2-5H2,1H3. The van der Waals surface area contributed by atoms with Crippen LogP contribution in [0.15, 0.2) is 97.1 Å². The van der Waals surface area contributed by atoms with Crippen molar-refractivity contribution in [3.8, 4) is 39.1 Å². The van der Waals surface area contributed by atoms with E-state index in [1.165, 1.54) is 36.4 Å². The van der Waals surface area contributed by atoms with E-state index in [1.54, 1.807) is 12.1 Å². The number of unbranched alkanes of at least 4 members (excludes halogenated alkanes) is 2. The molecule has 0 unspecified atom stereocenters. The summed E-state index contributed by atoms with van der Waals surface area (Å²) in [7, 11) is 0. The summed E-state index contributed by atoms with van der Waals surface area (Å²) in [5.41, 5.74) is 0.526. The second kappa shape index (κ2) is 13.0. The Labute approximate surface area is 250 Å². The average molecular weight is 609 g/mol. The van der Waals surface area contributed by atoms with Gasteiger partial charge in [-0.15, -0.1) is 0 Å². The van der Waals surface area contributed by atoms with Crippen LogP contribution in [-0.2, 0) is 12.5 Å². The zero-order valence-corrected chi connectivity index (χ0v) is 23.6. The Morgan fingerprint density at radius 2 is 1.09 bits per heavy atom. The molecule has 226 valence electrons. The molecular formula is C36H27F7O. The van der Waals surface area contributed by atoms with Crippen molar-refractivity contribution >= 4 is 0 Å². The molecule has 0 amide bonds. The number of halogens is 7. The van der Waals surface area contributed by atoms with Gasteiger partial charge in [0.25, 0.3) is 0 Å². The molecule has 0 spiro atoms. The lowest BCUT2D eigenvalue weighted by molar-refractivity contribution is -0.189.